The lowest BCUT2D eigenvalue weighted by atomic mass is 9.90. The Hall–Kier alpha value is -0.870. The van der Waals surface area contributed by atoms with Crippen molar-refractivity contribution in [1.82, 2.24) is 4.90 Å². The smallest absolute Gasteiger partial charge is 0.175 e. The second kappa shape index (κ2) is 6.06. The van der Waals surface area contributed by atoms with Gasteiger partial charge in [-0.15, -0.1) is 0 Å². The van der Waals surface area contributed by atoms with Gasteiger partial charge in [-0.25, -0.2) is 8.42 Å². The van der Waals surface area contributed by atoms with Crippen LogP contribution < -0.4 is 0 Å². The summed E-state index contributed by atoms with van der Waals surface area (Å²) in [5, 5.41) is 0. The van der Waals surface area contributed by atoms with Crippen LogP contribution in [0, 0.1) is 0 Å². The van der Waals surface area contributed by atoms with Gasteiger partial charge in [0.05, 0.1) is 10.4 Å². The zero-order valence-corrected chi connectivity index (χ0v) is 11.4. The third kappa shape index (κ3) is 3.80. The van der Waals surface area contributed by atoms with Crippen molar-refractivity contribution in [3.8, 4) is 0 Å². The molecular weight excluding hydrogens is 258 g/mol. The molecule has 1 heterocycles. The Morgan fingerprint density at radius 2 is 2.37 bits per heavy atom. The molecule has 0 amide bonds. The number of sulfone groups is 1. The van der Waals surface area contributed by atoms with Crippen LogP contribution in [0.5, 0.6) is 0 Å². The first-order valence-electron chi connectivity index (χ1n) is 12.2. The van der Waals surface area contributed by atoms with E-state index in [1.54, 1.807) is 0 Å². The lowest BCUT2D eigenvalue weighted by molar-refractivity contribution is 0.208. The average molecular weight is 295 g/mol. The third-order valence-corrected chi connectivity index (χ3v) is 3.24. The van der Waals surface area contributed by atoms with Crippen LogP contribution in [-0.2, 0) is 9.84 Å². The fourth-order valence-electron chi connectivity index (χ4n) is 1.44. The third-order valence-electron chi connectivity index (χ3n) is 2.30. The van der Waals surface area contributed by atoms with E-state index in [1.165, 1.54) is 6.92 Å². The van der Waals surface area contributed by atoms with Crippen molar-refractivity contribution in [3.05, 3.63) is 29.7 Å². The molecule has 0 N–H and O–H groups in total. The number of nitrogens with zero attached hydrogens (tertiary/aromatic N) is 1. The van der Waals surface area contributed by atoms with Crippen LogP contribution in [0.3, 0.4) is 0 Å². The lowest BCUT2D eigenvalue weighted by Gasteiger charge is -2.32. The monoisotopic (exact) mass is 294 g/mol. The molecule has 0 spiro atoms. The second-order valence-corrected chi connectivity index (χ2v) is 5.93. The van der Waals surface area contributed by atoms with Crippen LogP contribution in [0.25, 0.3) is 0 Å². The Balaban J connectivity index is 3.19. The summed E-state index contributed by atoms with van der Waals surface area (Å²) in [4.78, 5) is -0.825. The molecule has 4 heteroatoms. The Kier molecular flexibility index (Phi) is 1.64. The Bertz CT molecular complexity index is 1060. The topological polar surface area (TPSA) is 37.4 Å². The molecule has 0 radical (unpaired) electrons. The number of likely N-dealkylation sites (tertiary alicyclic amines) is 1. The first-order valence-corrected chi connectivity index (χ1v) is 7.56. The van der Waals surface area contributed by atoms with Crippen molar-refractivity contribution >= 4 is 9.84 Å². The largest absolute Gasteiger partial charge is 0.303 e. The summed E-state index contributed by atoms with van der Waals surface area (Å²) < 4.78 is 132. The molecule has 0 bridgehead atoms. The number of benzene rings is 1. The maximum Gasteiger partial charge on any atom is 0.175 e. The summed E-state index contributed by atoms with van der Waals surface area (Å²) in [6.07, 6.45) is -6.67. The fourth-order valence-corrected chi connectivity index (χ4v) is 1.96. The number of hydrogen-bond acceptors (Lipinski definition) is 3. The number of hydrogen-bond donors (Lipinski definition) is 0. The molecule has 2 rings (SSSR count). The fraction of sp³-hybridized carbons (Fsp3) is 0.600. The predicted octanol–water partition coefficient (Wildman–Crippen LogP) is 2.68. The van der Waals surface area contributed by atoms with Crippen LogP contribution in [0.2, 0.25) is 0 Å². The Labute approximate surface area is 134 Å². The molecular formula is C15H23NO2S. The molecule has 0 saturated carbocycles. The molecule has 1 atom stereocenters. The van der Waals surface area contributed by atoms with Crippen LogP contribution in [0.4, 0.5) is 0 Å². The van der Waals surface area contributed by atoms with E-state index in [1.807, 2.05) is 0 Å². The van der Waals surface area contributed by atoms with Crippen molar-refractivity contribution < 1.29 is 26.2 Å². The molecule has 0 unspecified atom stereocenters. The molecule has 0 aromatic heterocycles. The molecule has 1 aromatic carbocycles. The first-order chi connectivity index (χ1) is 14.1. The normalized spacial score (nSPS) is 45.9. The van der Waals surface area contributed by atoms with E-state index in [2.05, 4.69) is 0 Å². The number of rotatable bonds is 4. The van der Waals surface area contributed by atoms with Gasteiger partial charge in [0, 0.05) is 25.1 Å². The van der Waals surface area contributed by atoms with E-state index in [-0.39, 0.29) is 6.42 Å². The highest BCUT2D eigenvalue weighted by molar-refractivity contribution is 7.90. The van der Waals surface area contributed by atoms with Crippen molar-refractivity contribution in [2.75, 3.05) is 25.8 Å². The molecule has 1 aliphatic rings. The summed E-state index contributed by atoms with van der Waals surface area (Å²) >= 11 is 0. The Morgan fingerprint density at radius 1 is 1.58 bits per heavy atom. The van der Waals surface area contributed by atoms with Gasteiger partial charge in [-0.05, 0) is 55.8 Å². The molecule has 1 aromatic rings. The highest BCUT2D eigenvalue weighted by Crippen LogP contribution is 2.28. The second-order valence-electron chi connectivity index (χ2n) is 3.98. The van der Waals surface area contributed by atoms with Crippen LogP contribution in [0.1, 0.15) is 55.4 Å². The van der Waals surface area contributed by atoms with Crippen molar-refractivity contribution in [3.63, 3.8) is 0 Å². The summed E-state index contributed by atoms with van der Waals surface area (Å²) in [5.74, 6) is -3.57. The van der Waals surface area contributed by atoms with Crippen LogP contribution >= 0.6 is 0 Å². The molecule has 19 heavy (non-hydrogen) atoms. The van der Waals surface area contributed by atoms with Gasteiger partial charge in [-0.3, -0.25) is 0 Å². The van der Waals surface area contributed by atoms with Gasteiger partial charge < -0.3 is 4.90 Å². The maximum atomic E-state index is 12.2. The summed E-state index contributed by atoms with van der Waals surface area (Å²) in [6.45, 7) is -5.64. The highest BCUT2D eigenvalue weighted by Gasteiger charge is 2.21. The number of piperidine rings is 1. The summed E-state index contributed by atoms with van der Waals surface area (Å²) in [5.41, 5.74) is -1.24. The quantitative estimate of drug-likeness (QED) is 0.857. The van der Waals surface area contributed by atoms with Crippen molar-refractivity contribution in [2.45, 2.75) is 36.9 Å². The van der Waals surface area contributed by atoms with E-state index in [4.69, 9.17) is 17.8 Å². The van der Waals surface area contributed by atoms with E-state index >= 15 is 0 Å². The van der Waals surface area contributed by atoms with E-state index < -0.39 is 82.6 Å². The van der Waals surface area contributed by atoms with Crippen LogP contribution in [0.15, 0.2) is 29.1 Å². The van der Waals surface area contributed by atoms with Gasteiger partial charge in [0.15, 0.2) is 9.84 Å². The molecule has 1 saturated heterocycles. The van der Waals surface area contributed by atoms with E-state index in [0.717, 1.165) is 0 Å². The van der Waals surface area contributed by atoms with Gasteiger partial charge in [0.1, 0.15) is 0 Å². The molecule has 1 fully saturated rings. The van der Waals surface area contributed by atoms with Crippen molar-refractivity contribution in [2.24, 2.45) is 0 Å². The van der Waals surface area contributed by atoms with Gasteiger partial charge >= 0.3 is 0 Å². The van der Waals surface area contributed by atoms with Gasteiger partial charge in [0.25, 0.3) is 0 Å². The molecule has 0 aliphatic carbocycles. The lowest BCUT2D eigenvalue weighted by Crippen LogP contribution is -2.34. The summed E-state index contributed by atoms with van der Waals surface area (Å²) in [7, 11) is -4.43. The predicted molar refractivity (Wildman–Crippen MR) is 78.3 cm³/mol. The minimum Gasteiger partial charge on any atom is -0.303 e. The van der Waals surface area contributed by atoms with Crippen molar-refractivity contribution in [1.29, 1.82) is 0 Å². The summed E-state index contributed by atoms with van der Waals surface area (Å²) in [6, 6.07) is -4.61. The zero-order chi connectivity index (χ0) is 25.5. The highest BCUT2D eigenvalue weighted by atomic mass is 32.2. The Morgan fingerprint density at radius 3 is 3.05 bits per heavy atom. The SMILES string of the molecule is [2H]c1c([2H])c([C@@]2([2H])C([2H])([2H])N(CCC)C([2H])([2H])C([2H])([2H])C2([2H])[2H])c([2H])c(S(C)(=O)=O)c1[2H]. The van der Waals surface area contributed by atoms with E-state index in [0.29, 0.717) is 11.2 Å². The minimum atomic E-state index is -4.43. The van der Waals surface area contributed by atoms with E-state index in [9.17, 15) is 8.42 Å². The molecule has 3 nitrogen and oxygen atoms in total. The first kappa shape index (κ1) is 5.15. The minimum absolute atomic E-state index is 0.0690. The maximum absolute atomic E-state index is 12.2. The van der Waals surface area contributed by atoms with Gasteiger partial charge in [-0.1, -0.05) is 19.0 Å². The zero-order valence-electron chi connectivity index (χ0n) is 23.6. The average Bonchev–Trinajstić information content (AvgIpc) is 2.61. The van der Waals surface area contributed by atoms with Gasteiger partial charge in [-0.2, -0.15) is 0 Å². The van der Waals surface area contributed by atoms with Gasteiger partial charge in [0.2, 0.25) is 0 Å². The molecule has 106 valence electrons. The van der Waals surface area contributed by atoms with Crippen LogP contribution in [-0.4, -0.2) is 39.1 Å². The standard InChI is InChI=1S/C15H23NO2S/c1-3-9-16-10-5-7-14(12-16)13-6-4-8-15(11-13)19(2,17)18/h4,6,8,11,14H,3,5,7,9-10,12H2,1-2H3/t14-/m1/s1/i4D,5D2,6D,7D2,8D,10D2,11D,12D2,14D. The molecule has 1 aliphatic heterocycles.